The van der Waals surface area contributed by atoms with E-state index >= 15 is 0 Å². The molecule has 1 rings (SSSR count). The first-order chi connectivity index (χ1) is 8.70. The van der Waals surface area contributed by atoms with Crippen LogP contribution in [0.15, 0.2) is 13.2 Å². The minimum Gasteiger partial charge on any atom is -0.453 e. The number of carbonyl (C=O) groups excluding carboxylic acids is 2. The van der Waals surface area contributed by atoms with Gasteiger partial charge in [0.2, 0.25) is 0 Å². The summed E-state index contributed by atoms with van der Waals surface area (Å²) >= 11 is 0. The average Bonchev–Trinajstić information content (AvgIpc) is 2.45. The topological polar surface area (TPSA) is 69.4 Å². The lowest BCUT2D eigenvalue weighted by Gasteiger charge is -2.18. The van der Waals surface area contributed by atoms with Crippen molar-refractivity contribution in [3.63, 3.8) is 0 Å². The predicted molar refractivity (Wildman–Crippen MR) is 72.1 cm³/mol. The van der Waals surface area contributed by atoms with Crippen LogP contribution >= 0.6 is 0 Å². The van der Waals surface area contributed by atoms with E-state index in [2.05, 4.69) is 23.6 Å². The highest BCUT2D eigenvalue weighted by Crippen LogP contribution is 2.24. The Morgan fingerprint density at radius 2 is 1.72 bits per heavy atom. The smallest absolute Gasteiger partial charge is 0.404 e. The van der Waals surface area contributed by atoms with E-state index in [0.29, 0.717) is 7.18 Å². The van der Waals surface area contributed by atoms with Crippen LogP contribution in [0, 0.1) is 5.92 Å². The summed E-state index contributed by atoms with van der Waals surface area (Å²) in [6, 6.07) is 0. The van der Waals surface area contributed by atoms with Gasteiger partial charge in [0, 0.05) is 6.42 Å². The third kappa shape index (κ3) is 20.1. The fourth-order valence-electron chi connectivity index (χ4n) is 1.56. The number of halogens is 1. The van der Waals surface area contributed by atoms with Gasteiger partial charge in [-0.05, 0) is 5.92 Å². The molecule has 1 aliphatic carbocycles. The van der Waals surface area contributed by atoms with E-state index in [4.69, 9.17) is 0 Å². The van der Waals surface area contributed by atoms with E-state index < -0.39 is 6.09 Å². The molecule has 0 heterocycles. The van der Waals surface area contributed by atoms with Gasteiger partial charge in [-0.15, -0.1) is 13.2 Å². The molecule has 0 aromatic carbocycles. The van der Waals surface area contributed by atoms with Crippen LogP contribution in [0.3, 0.4) is 0 Å². The molecule has 18 heavy (non-hydrogen) atoms. The van der Waals surface area contributed by atoms with Crippen molar-refractivity contribution in [1.82, 2.24) is 0 Å². The Hall–Kier alpha value is -1.39. The number of hydrogen-bond donors (Lipinski definition) is 1. The van der Waals surface area contributed by atoms with Gasteiger partial charge in [0.1, 0.15) is 6.29 Å². The van der Waals surface area contributed by atoms with Crippen molar-refractivity contribution >= 4 is 12.4 Å². The average molecular weight is 263 g/mol. The second kappa shape index (κ2) is 21.0. The Labute approximate surface area is 109 Å². The van der Waals surface area contributed by atoms with Crippen LogP contribution in [0.25, 0.3) is 0 Å². The highest BCUT2D eigenvalue weighted by atomic mass is 19.1. The zero-order valence-electron chi connectivity index (χ0n) is 11.5. The van der Waals surface area contributed by atoms with Crippen molar-refractivity contribution in [1.29, 1.82) is 0 Å². The summed E-state index contributed by atoms with van der Waals surface area (Å²) in [7, 11) is 1.72. The van der Waals surface area contributed by atoms with Gasteiger partial charge < -0.3 is 15.3 Å². The first kappa shape index (κ1) is 21.9. The zero-order chi connectivity index (χ0) is 14.8. The molecule has 0 unspecified atom stereocenters. The Balaban J connectivity index is -0.000000215. The molecule has 5 heteroatoms. The highest BCUT2D eigenvalue weighted by Gasteiger charge is 2.11. The van der Waals surface area contributed by atoms with Crippen LogP contribution in [0.5, 0.6) is 0 Å². The maximum Gasteiger partial charge on any atom is 0.404 e. The van der Waals surface area contributed by atoms with Crippen LogP contribution in [-0.2, 0) is 9.53 Å². The SMILES string of the molecule is C=C.CF.COC(N)=O.O=CCC1CCCCC1. The van der Waals surface area contributed by atoms with Gasteiger partial charge in [0.05, 0.1) is 14.3 Å². The number of carbonyl (C=O) groups is 2. The van der Waals surface area contributed by atoms with E-state index in [1.807, 2.05) is 0 Å². The van der Waals surface area contributed by atoms with Gasteiger partial charge in [0.25, 0.3) is 0 Å². The van der Waals surface area contributed by atoms with Crippen molar-refractivity contribution in [2.24, 2.45) is 11.7 Å². The molecule has 1 fully saturated rings. The van der Waals surface area contributed by atoms with Gasteiger partial charge in [-0.2, -0.15) is 0 Å². The normalized spacial score (nSPS) is 13.3. The second-order valence-electron chi connectivity index (χ2n) is 3.43. The lowest BCUT2D eigenvalue weighted by molar-refractivity contribution is -0.108. The zero-order valence-corrected chi connectivity index (χ0v) is 11.5. The summed E-state index contributed by atoms with van der Waals surface area (Å²) in [6.07, 6.45) is 7.78. The van der Waals surface area contributed by atoms with Crippen molar-refractivity contribution < 1.29 is 18.7 Å². The third-order valence-electron chi connectivity index (χ3n) is 2.36. The van der Waals surface area contributed by atoms with Gasteiger partial charge in [-0.3, -0.25) is 4.39 Å². The molecule has 4 nitrogen and oxygen atoms in total. The quantitative estimate of drug-likeness (QED) is 0.614. The van der Waals surface area contributed by atoms with E-state index in [9.17, 15) is 14.0 Å². The predicted octanol–water partition coefficient (Wildman–Crippen LogP) is 3.26. The van der Waals surface area contributed by atoms with Crippen molar-refractivity contribution in [2.75, 3.05) is 14.3 Å². The van der Waals surface area contributed by atoms with Gasteiger partial charge in [0.15, 0.2) is 0 Å². The summed E-state index contributed by atoms with van der Waals surface area (Å²) in [4.78, 5) is 19.4. The van der Waals surface area contributed by atoms with Crippen molar-refractivity contribution in [3.8, 4) is 0 Å². The minimum atomic E-state index is -0.745. The van der Waals surface area contributed by atoms with Gasteiger partial charge >= 0.3 is 6.09 Å². The van der Waals surface area contributed by atoms with Gasteiger partial charge in [-0.25, -0.2) is 4.79 Å². The summed E-state index contributed by atoms with van der Waals surface area (Å²) in [5.41, 5.74) is 4.43. The van der Waals surface area contributed by atoms with Crippen LogP contribution in [0.1, 0.15) is 38.5 Å². The lowest BCUT2D eigenvalue weighted by Crippen LogP contribution is -2.08. The number of aldehydes is 1. The van der Waals surface area contributed by atoms with E-state index in [0.717, 1.165) is 18.6 Å². The standard InChI is InChI=1S/C8H14O.C2H5NO2.C2H4.CH3F/c9-7-6-8-4-2-1-3-5-8;1-5-2(3)4;2*1-2/h7-8H,1-6H2;1H3,(H2,3,4);1-2H2;1H3. The van der Waals surface area contributed by atoms with Crippen LogP contribution in [-0.4, -0.2) is 26.7 Å². The summed E-state index contributed by atoms with van der Waals surface area (Å²) < 4.78 is 13.4. The number of nitrogens with two attached hydrogens (primary N) is 1. The first-order valence-corrected chi connectivity index (χ1v) is 5.85. The Morgan fingerprint density at radius 1 is 1.33 bits per heavy atom. The Kier molecular flexibility index (Phi) is 25.4. The number of alkyl halides is 1. The number of amides is 1. The molecule has 0 radical (unpaired) electrons. The molecule has 0 bridgehead atoms. The molecule has 0 aliphatic heterocycles. The number of rotatable bonds is 2. The molecule has 2 N–H and O–H groups in total. The molecule has 0 saturated heterocycles. The highest BCUT2D eigenvalue weighted by molar-refractivity contribution is 5.64. The Bertz CT molecular complexity index is 183. The molecule has 0 atom stereocenters. The summed E-state index contributed by atoms with van der Waals surface area (Å²) in [5, 5.41) is 0. The van der Waals surface area contributed by atoms with E-state index in [-0.39, 0.29) is 0 Å². The van der Waals surface area contributed by atoms with Crippen molar-refractivity contribution in [2.45, 2.75) is 38.5 Å². The molecule has 1 amide bonds. The lowest BCUT2D eigenvalue weighted by atomic mass is 9.87. The van der Waals surface area contributed by atoms with Gasteiger partial charge in [-0.1, -0.05) is 32.1 Å². The monoisotopic (exact) mass is 263 g/mol. The van der Waals surface area contributed by atoms with Crippen LogP contribution in [0.4, 0.5) is 9.18 Å². The molecule has 108 valence electrons. The Morgan fingerprint density at radius 3 is 2.00 bits per heavy atom. The number of primary amides is 1. The number of ether oxygens (including phenoxy) is 1. The molecular formula is C13H26FNO3. The summed E-state index contributed by atoms with van der Waals surface area (Å²) in [6.45, 7) is 6.00. The third-order valence-corrected chi connectivity index (χ3v) is 2.36. The van der Waals surface area contributed by atoms with Crippen LogP contribution in [0.2, 0.25) is 0 Å². The number of hydrogen-bond acceptors (Lipinski definition) is 3. The first-order valence-electron chi connectivity index (χ1n) is 5.85. The maximum atomic E-state index is 10.1. The van der Waals surface area contributed by atoms with E-state index in [1.165, 1.54) is 39.2 Å². The fraction of sp³-hybridized carbons (Fsp3) is 0.692. The van der Waals surface area contributed by atoms with Crippen molar-refractivity contribution in [3.05, 3.63) is 13.2 Å². The molecule has 0 aromatic rings. The molecular weight excluding hydrogens is 237 g/mol. The summed E-state index contributed by atoms with van der Waals surface area (Å²) in [5.74, 6) is 0.733. The minimum absolute atomic E-state index is 0.500. The second-order valence-corrected chi connectivity index (χ2v) is 3.43. The molecule has 1 aliphatic rings. The van der Waals surface area contributed by atoms with Crippen LogP contribution < -0.4 is 5.73 Å². The largest absolute Gasteiger partial charge is 0.453 e. The van der Waals surface area contributed by atoms with E-state index in [1.54, 1.807) is 0 Å². The molecule has 0 aromatic heterocycles. The fourth-order valence-corrected chi connectivity index (χ4v) is 1.56. The molecule has 1 saturated carbocycles. The number of methoxy groups -OCH3 is 1. The maximum absolute atomic E-state index is 10.1. The molecule has 0 spiro atoms.